The molecule has 0 saturated carbocycles. The Hall–Kier alpha value is -4.22. The van der Waals surface area contributed by atoms with E-state index >= 15 is 0 Å². The van der Waals surface area contributed by atoms with Crippen LogP contribution in [-0.4, -0.2) is 34.6 Å². The number of carbonyl (C=O) groups is 3. The highest BCUT2D eigenvalue weighted by Gasteiger charge is 2.56. The number of imide groups is 1. The van der Waals surface area contributed by atoms with Gasteiger partial charge in [-0.2, -0.15) is 0 Å². The summed E-state index contributed by atoms with van der Waals surface area (Å²) in [7, 11) is 0. The fourth-order valence-corrected chi connectivity index (χ4v) is 7.58. The third kappa shape index (κ3) is 4.82. The zero-order valence-corrected chi connectivity index (χ0v) is 22.7. The maximum Gasteiger partial charge on any atom is 0.305 e. The van der Waals surface area contributed by atoms with Crippen LogP contribution in [0.25, 0.3) is 0 Å². The molecule has 40 heavy (non-hydrogen) atoms. The van der Waals surface area contributed by atoms with Crippen molar-refractivity contribution in [2.24, 2.45) is 5.92 Å². The molecule has 11 heteroatoms. The number of anilines is 2. The fourth-order valence-electron chi connectivity index (χ4n) is 5.06. The highest BCUT2D eigenvalue weighted by molar-refractivity contribution is 8.00. The number of nitrogens with one attached hydrogen (secondary N) is 2. The summed E-state index contributed by atoms with van der Waals surface area (Å²) in [5.74, 6) is -2.44. The predicted molar refractivity (Wildman–Crippen MR) is 151 cm³/mol. The third-order valence-corrected chi connectivity index (χ3v) is 9.22. The molecular weight excluding hydrogens is 553 g/mol. The highest BCUT2D eigenvalue weighted by Crippen LogP contribution is 2.53. The van der Waals surface area contributed by atoms with Crippen molar-refractivity contribution in [3.05, 3.63) is 104 Å². The van der Waals surface area contributed by atoms with Crippen LogP contribution in [0.15, 0.2) is 82.6 Å². The van der Waals surface area contributed by atoms with E-state index in [1.807, 2.05) is 25.1 Å². The molecule has 6 rings (SSSR count). The number of thiazole rings is 1. The number of ether oxygens (including phenoxy) is 1. The first-order chi connectivity index (χ1) is 19.3. The largest absolute Gasteiger partial charge is 0.484 e. The van der Waals surface area contributed by atoms with Crippen molar-refractivity contribution in [3.8, 4) is 5.75 Å². The van der Waals surface area contributed by atoms with Crippen LogP contribution in [0.2, 0.25) is 0 Å². The van der Waals surface area contributed by atoms with Gasteiger partial charge in [-0.1, -0.05) is 47.4 Å². The summed E-state index contributed by atoms with van der Waals surface area (Å²) in [4.78, 5) is 56.1. The molecule has 202 valence electrons. The third-order valence-electron chi connectivity index (χ3n) is 6.82. The number of amides is 3. The van der Waals surface area contributed by atoms with Crippen LogP contribution < -0.4 is 19.8 Å². The molecule has 1 fully saturated rings. The number of carbonyl (C=O) groups excluding carboxylic acids is 3. The Balaban J connectivity index is 1.24. The smallest absolute Gasteiger partial charge is 0.305 e. The lowest BCUT2D eigenvalue weighted by molar-refractivity contribution is -0.122. The van der Waals surface area contributed by atoms with Crippen LogP contribution in [0.4, 0.5) is 15.8 Å². The summed E-state index contributed by atoms with van der Waals surface area (Å²) in [6.45, 7) is 1.74. The van der Waals surface area contributed by atoms with Gasteiger partial charge in [0.1, 0.15) is 16.8 Å². The van der Waals surface area contributed by atoms with Gasteiger partial charge in [0.15, 0.2) is 6.61 Å². The van der Waals surface area contributed by atoms with Gasteiger partial charge in [0, 0.05) is 16.5 Å². The van der Waals surface area contributed by atoms with E-state index in [9.17, 15) is 23.6 Å². The number of aromatic nitrogens is 1. The topological polar surface area (TPSA) is 109 Å². The molecule has 4 aromatic rings. The summed E-state index contributed by atoms with van der Waals surface area (Å²) in [6.07, 6.45) is 0. The average molecular weight is 576 g/mol. The van der Waals surface area contributed by atoms with Crippen LogP contribution in [-0.2, 0) is 14.4 Å². The zero-order valence-electron chi connectivity index (χ0n) is 21.1. The number of aromatic amines is 1. The minimum Gasteiger partial charge on any atom is -0.484 e. The first kappa shape index (κ1) is 26.0. The number of halogens is 1. The lowest BCUT2D eigenvalue weighted by atomic mass is 9.83. The Bertz CT molecular complexity index is 1680. The molecule has 3 heterocycles. The second kappa shape index (κ2) is 10.4. The number of nitrogens with zero attached hydrogens (tertiary/aromatic N) is 1. The second-order valence-electron chi connectivity index (χ2n) is 9.51. The van der Waals surface area contributed by atoms with Crippen molar-refractivity contribution in [3.63, 3.8) is 0 Å². The normalized spacial score (nSPS) is 19.8. The molecule has 2 N–H and O–H groups in total. The molecule has 0 spiro atoms. The van der Waals surface area contributed by atoms with E-state index in [-0.39, 0.29) is 17.4 Å². The average Bonchev–Trinajstić information content (AvgIpc) is 3.42. The van der Waals surface area contributed by atoms with Crippen LogP contribution in [0.1, 0.15) is 21.9 Å². The quantitative estimate of drug-likeness (QED) is 0.323. The van der Waals surface area contributed by atoms with Gasteiger partial charge in [-0.15, -0.1) is 0 Å². The second-order valence-corrected chi connectivity index (χ2v) is 11.7. The van der Waals surface area contributed by atoms with E-state index in [0.29, 0.717) is 27.0 Å². The molecule has 2 aliphatic rings. The molecule has 3 amide bonds. The molecule has 0 bridgehead atoms. The minimum atomic E-state index is -0.756. The molecule has 1 saturated heterocycles. The van der Waals surface area contributed by atoms with Crippen molar-refractivity contribution < 1.29 is 23.5 Å². The van der Waals surface area contributed by atoms with Crippen LogP contribution in [0.5, 0.6) is 5.75 Å². The Morgan fingerprint density at radius 1 is 1.02 bits per heavy atom. The SMILES string of the molecule is Cc1cccc(NC(=O)COc2ccc([C@@H]3c4sc(=O)[nH]c4S[C@H]4C(=O)N(c5ccc(F)cc5)C(=O)[C@@H]34)cc2)c1. The first-order valence-corrected chi connectivity index (χ1v) is 14.1. The van der Waals surface area contributed by atoms with Gasteiger partial charge < -0.3 is 15.0 Å². The van der Waals surface area contributed by atoms with Crippen LogP contribution >= 0.6 is 23.1 Å². The van der Waals surface area contributed by atoms with Crippen molar-refractivity contribution in [2.45, 2.75) is 23.1 Å². The van der Waals surface area contributed by atoms with Gasteiger partial charge >= 0.3 is 4.87 Å². The van der Waals surface area contributed by atoms with E-state index in [1.165, 1.54) is 36.0 Å². The predicted octanol–water partition coefficient (Wildman–Crippen LogP) is 4.70. The Labute approximate surface area is 236 Å². The number of rotatable bonds is 6. The fraction of sp³-hybridized carbons (Fsp3) is 0.172. The van der Waals surface area contributed by atoms with Gasteiger partial charge in [-0.3, -0.25) is 19.2 Å². The Morgan fingerprint density at radius 2 is 1.77 bits per heavy atom. The number of aryl methyl sites for hydroxylation is 1. The number of hydrogen-bond acceptors (Lipinski definition) is 7. The van der Waals surface area contributed by atoms with E-state index in [1.54, 1.807) is 30.3 Å². The Kier molecular flexibility index (Phi) is 6.77. The molecule has 0 unspecified atom stereocenters. The first-order valence-electron chi connectivity index (χ1n) is 12.4. The number of hydrogen-bond donors (Lipinski definition) is 2. The van der Waals surface area contributed by atoms with E-state index in [4.69, 9.17) is 4.74 Å². The monoisotopic (exact) mass is 575 g/mol. The minimum absolute atomic E-state index is 0.193. The standard InChI is InChI=1S/C29H22FN3O5S2/c1-15-3-2-4-18(13-15)31-21(34)14-38-20-11-5-16(6-12-20)22-23-25(39-26-24(22)40-29(37)32-26)28(36)33(27(23)35)19-9-7-17(30)8-10-19/h2-13,22-23,25H,14H2,1H3,(H,31,34)(H,32,37)/t22-,23-,25+/m0/s1. The van der Waals surface area contributed by atoms with Gasteiger partial charge in [0.05, 0.1) is 16.6 Å². The van der Waals surface area contributed by atoms with E-state index in [0.717, 1.165) is 27.4 Å². The lowest BCUT2D eigenvalue weighted by Gasteiger charge is -2.29. The summed E-state index contributed by atoms with van der Waals surface area (Å²) < 4.78 is 19.2. The molecule has 2 aliphatic heterocycles. The zero-order chi connectivity index (χ0) is 28.0. The number of benzene rings is 3. The maximum absolute atomic E-state index is 13.7. The lowest BCUT2D eigenvalue weighted by Crippen LogP contribution is -2.32. The van der Waals surface area contributed by atoms with Gasteiger partial charge in [-0.25, -0.2) is 9.29 Å². The molecule has 3 aromatic carbocycles. The maximum atomic E-state index is 13.7. The van der Waals surface area contributed by atoms with E-state index in [2.05, 4.69) is 10.3 Å². The highest BCUT2D eigenvalue weighted by atomic mass is 32.2. The van der Waals surface area contributed by atoms with Crippen molar-refractivity contribution >= 4 is 52.2 Å². The van der Waals surface area contributed by atoms with Crippen LogP contribution in [0.3, 0.4) is 0 Å². The summed E-state index contributed by atoms with van der Waals surface area (Å²) >= 11 is 2.19. The van der Waals surface area contributed by atoms with Gasteiger partial charge in [0.25, 0.3) is 5.91 Å². The summed E-state index contributed by atoms with van der Waals surface area (Å²) in [5.41, 5.74) is 2.73. The summed E-state index contributed by atoms with van der Waals surface area (Å²) in [6, 6.07) is 19.6. The molecular formula is C29H22FN3O5S2. The van der Waals surface area contributed by atoms with Crippen molar-refractivity contribution in [1.29, 1.82) is 0 Å². The number of H-pyrrole nitrogens is 1. The number of thioether (sulfide) groups is 1. The summed E-state index contributed by atoms with van der Waals surface area (Å²) in [5, 5.41) is 2.61. The van der Waals surface area contributed by atoms with Crippen molar-refractivity contribution in [2.75, 3.05) is 16.8 Å². The van der Waals surface area contributed by atoms with Crippen molar-refractivity contribution in [1.82, 2.24) is 4.98 Å². The molecule has 8 nitrogen and oxygen atoms in total. The van der Waals surface area contributed by atoms with Gasteiger partial charge in [-0.05, 0) is 66.6 Å². The molecule has 3 atom stereocenters. The number of fused-ring (bicyclic) bond motifs is 2. The van der Waals surface area contributed by atoms with E-state index < -0.39 is 34.7 Å². The Morgan fingerprint density at radius 3 is 2.50 bits per heavy atom. The molecule has 1 aromatic heterocycles. The molecule has 0 radical (unpaired) electrons. The van der Waals surface area contributed by atoms with Crippen LogP contribution in [0, 0.1) is 18.7 Å². The van der Waals surface area contributed by atoms with Gasteiger partial charge in [0.2, 0.25) is 11.8 Å². The molecule has 0 aliphatic carbocycles.